The molecular weight excluding hydrogens is 308 g/mol. The van der Waals surface area contributed by atoms with E-state index in [4.69, 9.17) is 21.1 Å². The first-order chi connectivity index (χ1) is 10.5. The predicted molar refractivity (Wildman–Crippen MR) is 83.8 cm³/mol. The fraction of sp³-hybridized carbons (Fsp3) is 0.333. The van der Waals surface area contributed by atoms with Crippen molar-refractivity contribution in [1.29, 1.82) is 0 Å². The van der Waals surface area contributed by atoms with Crippen molar-refractivity contribution in [3.05, 3.63) is 51.2 Å². The van der Waals surface area contributed by atoms with Crippen LogP contribution in [0.15, 0.2) is 34.7 Å². The Hall–Kier alpha value is -1.89. The van der Waals surface area contributed by atoms with Gasteiger partial charge in [0.15, 0.2) is 0 Å². The van der Waals surface area contributed by atoms with Crippen molar-refractivity contribution < 1.29 is 14.4 Å². The Labute approximate surface area is 132 Å². The second kappa shape index (κ2) is 7.40. The van der Waals surface area contributed by atoms with Crippen molar-refractivity contribution in [3.8, 4) is 11.3 Å². The Bertz CT molecular complexity index is 657. The summed E-state index contributed by atoms with van der Waals surface area (Å²) in [6.45, 7) is 2.65. The fourth-order valence-electron chi connectivity index (χ4n) is 2.01. The molecule has 118 valence electrons. The van der Waals surface area contributed by atoms with Crippen LogP contribution in [0.4, 0.5) is 5.69 Å². The molecule has 2 rings (SSSR count). The Balaban J connectivity index is 2.09. The average molecular weight is 325 g/mol. The number of furan rings is 1. The second-order valence-electron chi connectivity index (χ2n) is 4.98. The highest BCUT2D eigenvalue weighted by Crippen LogP contribution is 2.32. The van der Waals surface area contributed by atoms with E-state index in [0.717, 1.165) is 5.76 Å². The summed E-state index contributed by atoms with van der Waals surface area (Å²) in [5.74, 6) is 1.29. The number of nitro groups is 1. The van der Waals surface area contributed by atoms with E-state index in [2.05, 4.69) is 5.32 Å². The molecule has 0 radical (unpaired) electrons. The van der Waals surface area contributed by atoms with E-state index in [1.54, 1.807) is 12.1 Å². The molecule has 1 atom stereocenters. The summed E-state index contributed by atoms with van der Waals surface area (Å²) in [6.07, 6.45) is 0.668. The van der Waals surface area contributed by atoms with Gasteiger partial charge in [-0.05, 0) is 31.5 Å². The molecule has 7 heteroatoms. The molecule has 1 aromatic heterocycles. The Morgan fingerprint density at radius 3 is 2.82 bits per heavy atom. The molecule has 1 unspecified atom stereocenters. The average Bonchev–Trinajstić information content (AvgIpc) is 2.94. The molecule has 0 bridgehead atoms. The number of nitro benzene ring substituents is 1. The summed E-state index contributed by atoms with van der Waals surface area (Å²) in [5.41, 5.74) is 0.557. The molecule has 0 spiro atoms. The molecule has 0 saturated heterocycles. The minimum Gasteiger partial charge on any atom is -0.460 e. The third-order valence-corrected chi connectivity index (χ3v) is 3.59. The molecule has 2 aromatic rings. The third-order valence-electron chi connectivity index (χ3n) is 3.28. The molecule has 0 amide bonds. The maximum atomic E-state index is 10.7. The lowest BCUT2D eigenvalue weighted by atomic mass is 10.1. The molecule has 6 nitrogen and oxygen atoms in total. The van der Waals surface area contributed by atoms with E-state index in [9.17, 15) is 10.1 Å². The van der Waals surface area contributed by atoms with E-state index in [0.29, 0.717) is 24.3 Å². The Morgan fingerprint density at radius 2 is 2.18 bits per heavy atom. The summed E-state index contributed by atoms with van der Waals surface area (Å²) >= 11 is 6.08. The first kappa shape index (κ1) is 16.5. The quantitative estimate of drug-likeness (QED) is 0.602. The number of nitrogens with one attached hydrogen (secondary N) is 1. The van der Waals surface area contributed by atoms with Gasteiger partial charge >= 0.3 is 0 Å². The minimum absolute atomic E-state index is 0.0555. The van der Waals surface area contributed by atoms with Gasteiger partial charge in [0.2, 0.25) is 0 Å². The van der Waals surface area contributed by atoms with Crippen molar-refractivity contribution in [2.24, 2.45) is 0 Å². The Kier molecular flexibility index (Phi) is 5.54. The first-order valence-electron chi connectivity index (χ1n) is 6.88. The van der Waals surface area contributed by atoms with E-state index < -0.39 is 4.92 Å². The van der Waals surface area contributed by atoms with E-state index in [1.807, 2.05) is 13.0 Å². The van der Waals surface area contributed by atoms with Crippen molar-refractivity contribution in [1.82, 2.24) is 5.32 Å². The summed E-state index contributed by atoms with van der Waals surface area (Å²) in [7, 11) is 0. The third kappa shape index (κ3) is 4.07. The topological polar surface area (TPSA) is 88.5 Å². The predicted octanol–water partition coefficient (Wildman–Crippen LogP) is 3.37. The van der Waals surface area contributed by atoms with Gasteiger partial charge in [-0.3, -0.25) is 10.1 Å². The van der Waals surface area contributed by atoms with Gasteiger partial charge < -0.3 is 14.8 Å². The van der Waals surface area contributed by atoms with Crippen LogP contribution in [0.1, 0.15) is 19.1 Å². The lowest BCUT2D eigenvalue weighted by molar-refractivity contribution is -0.384. The number of hydrogen-bond acceptors (Lipinski definition) is 5. The molecule has 0 fully saturated rings. The van der Waals surface area contributed by atoms with Crippen LogP contribution in [-0.2, 0) is 6.54 Å². The molecule has 22 heavy (non-hydrogen) atoms. The number of hydrogen-bond donors (Lipinski definition) is 2. The highest BCUT2D eigenvalue weighted by Gasteiger charge is 2.13. The van der Waals surface area contributed by atoms with E-state index >= 15 is 0 Å². The van der Waals surface area contributed by atoms with Crippen molar-refractivity contribution in [3.63, 3.8) is 0 Å². The van der Waals surface area contributed by atoms with Crippen LogP contribution in [0.25, 0.3) is 11.3 Å². The second-order valence-corrected chi connectivity index (χ2v) is 5.39. The fourth-order valence-corrected chi connectivity index (χ4v) is 2.27. The van der Waals surface area contributed by atoms with Gasteiger partial charge in [0, 0.05) is 30.3 Å². The molecule has 0 aliphatic rings. The van der Waals surface area contributed by atoms with Crippen molar-refractivity contribution in [2.75, 3.05) is 6.61 Å². The van der Waals surface area contributed by atoms with Gasteiger partial charge in [-0.2, -0.15) is 0 Å². The summed E-state index contributed by atoms with van der Waals surface area (Å²) < 4.78 is 5.70. The lowest BCUT2D eigenvalue weighted by Gasteiger charge is -2.10. The maximum absolute atomic E-state index is 10.7. The first-order valence-corrected chi connectivity index (χ1v) is 7.26. The molecule has 1 heterocycles. The van der Waals surface area contributed by atoms with Gasteiger partial charge in [-0.1, -0.05) is 11.6 Å². The number of benzene rings is 1. The van der Waals surface area contributed by atoms with Crippen LogP contribution in [0, 0.1) is 10.1 Å². The van der Waals surface area contributed by atoms with E-state index in [-0.39, 0.29) is 23.4 Å². The van der Waals surface area contributed by atoms with Gasteiger partial charge in [0.05, 0.1) is 16.5 Å². The minimum atomic E-state index is -0.490. The molecule has 2 N–H and O–H groups in total. The largest absolute Gasteiger partial charge is 0.460 e. The number of nitrogens with zero attached hydrogens (tertiary/aromatic N) is 1. The lowest BCUT2D eigenvalue weighted by Crippen LogP contribution is -2.26. The van der Waals surface area contributed by atoms with Crippen LogP contribution < -0.4 is 5.32 Å². The van der Waals surface area contributed by atoms with Crippen LogP contribution in [-0.4, -0.2) is 22.7 Å². The standard InChI is InChI=1S/C15H17ClN2O4/c1-10(6-7-19)17-9-12-3-5-15(22-12)13-4-2-11(18(20)21)8-14(13)16/h2-5,8,10,17,19H,6-7,9H2,1H3. The normalized spacial score (nSPS) is 12.3. The Morgan fingerprint density at radius 1 is 1.41 bits per heavy atom. The molecule has 1 aromatic carbocycles. The number of aliphatic hydroxyl groups excluding tert-OH is 1. The SMILES string of the molecule is CC(CCO)NCc1ccc(-c2ccc([N+](=O)[O-])cc2Cl)o1. The van der Waals surface area contributed by atoms with Crippen LogP contribution >= 0.6 is 11.6 Å². The zero-order valence-corrected chi connectivity index (χ0v) is 12.8. The van der Waals surface area contributed by atoms with Crippen LogP contribution in [0.5, 0.6) is 0 Å². The highest BCUT2D eigenvalue weighted by atomic mass is 35.5. The van der Waals surface area contributed by atoms with Gasteiger partial charge in [-0.15, -0.1) is 0 Å². The smallest absolute Gasteiger partial charge is 0.270 e. The summed E-state index contributed by atoms with van der Waals surface area (Å²) in [4.78, 5) is 10.2. The van der Waals surface area contributed by atoms with Crippen LogP contribution in [0.2, 0.25) is 5.02 Å². The van der Waals surface area contributed by atoms with Gasteiger partial charge in [0.1, 0.15) is 11.5 Å². The van der Waals surface area contributed by atoms with E-state index in [1.165, 1.54) is 12.1 Å². The van der Waals surface area contributed by atoms with Gasteiger partial charge in [0.25, 0.3) is 5.69 Å². The van der Waals surface area contributed by atoms with Crippen molar-refractivity contribution in [2.45, 2.75) is 25.9 Å². The number of halogens is 1. The molecule has 0 aliphatic heterocycles. The molecule has 0 saturated carbocycles. The zero-order valence-electron chi connectivity index (χ0n) is 12.1. The van der Waals surface area contributed by atoms with Crippen molar-refractivity contribution >= 4 is 17.3 Å². The number of rotatable bonds is 7. The number of non-ortho nitro benzene ring substituents is 1. The summed E-state index contributed by atoms with van der Waals surface area (Å²) in [5, 5.41) is 23.1. The van der Waals surface area contributed by atoms with Gasteiger partial charge in [-0.25, -0.2) is 0 Å². The maximum Gasteiger partial charge on any atom is 0.270 e. The molecule has 0 aliphatic carbocycles. The van der Waals surface area contributed by atoms with Crippen LogP contribution in [0.3, 0.4) is 0 Å². The molecular formula is C15H17ClN2O4. The highest BCUT2D eigenvalue weighted by molar-refractivity contribution is 6.33. The monoisotopic (exact) mass is 324 g/mol. The summed E-state index contributed by atoms with van der Waals surface area (Å²) in [6, 6.07) is 8.06. The zero-order chi connectivity index (χ0) is 16.1. The number of aliphatic hydroxyl groups is 1.